The predicted molar refractivity (Wildman–Crippen MR) is 111 cm³/mol. The molecule has 0 radical (unpaired) electrons. The van der Waals surface area contributed by atoms with Gasteiger partial charge in [0.2, 0.25) is 0 Å². The van der Waals surface area contributed by atoms with Gasteiger partial charge in [0.1, 0.15) is 13.2 Å². The van der Waals surface area contributed by atoms with E-state index in [-0.39, 0.29) is 11.8 Å². The summed E-state index contributed by atoms with van der Waals surface area (Å²) in [6.07, 6.45) is 1.98. The summed E-state index contributed by atoms with van der Waals surface area (Å²) < 4.78 is 16.2. The van der Waals surface area contributed by atoms with Crippen molar-refractivity contribution in [1.82, 2.24) is 0 Å². The number of ether oxygens (including phenoxy) is 3. The highest BCUT2D eigenvalue weighted by molar-refractivity contribution is 5.97. The number of carbonyl (C=O) groups excluding carboxylic acids is 2. The molecule has 0 unspecified atom stereocenters. The van der Waals surface area contributed by atoms with Gasteiger partial charge in [0.05, 0.1) is 0 Å². The molecule has 1 aliphatic heterocycles. The second-order valence-electron chi connectivity index (χ2n) is 7.05. The van der Waals surface area contributed by atoms with Crippen molar-refractivity contribution in [2.24, 2.45) is 0 Å². The molecule has 1 aliphatic rings. The van der Waals surface area contributed by atoms with Crippen molar-refractivity contribution in [3.05, 3.63) is 59.7 Å². The minimum atomic E-state index is -0.923. The zero-order valence-corrected chi connectivity index (χ0v) is 16.8. The van der Waals surface area contributed by atoms with Crippen molar-refractivity contribution in [3.8, 4) is 11.5 Å². The lowest BCUT2D eigenvalue weighted by atomic mass is 10.0. The van der Waals surface area contributed by atoms with Crippen molar-refractivity contribution in [2.45, 2.75) is 32.8 Å². The molecule has 1 amide bonds. The Morgan fingerprint density at radius 3 is 2.52 bits per heavy atom. The van der Waals surface area contributed by atoms with E-state index >= 15 is 0 Å². The molecule has 29 heavy (non-hydrogen) atoms. The van der Waals surface area contributed by atoms with Crippen LogP contribution in [0.1, 0.15) is 37.8 Å². The van der Waals surface area contributed by atoms with E-state index in [2.05, 4.69) is 19.2 Å². The number of amides is 1. The number of carbonyl (C=O) groups is 2. The number of anilines is 1. The number of nitrogens with one attached hydrogen (secondary N) is 1. The topological polar surface area (TPSA) is 73.9 Å². The summed E-state index contributed by atoms with van der Waals surface area (Å²) >= 11 is 0. The number of hydrogen-bond acceptors (Lipinski definition) is 5. The number of benzene rings is 2. The molecular weight excluding hydrogens is 370 g/mol. The van der Waals surface area contributed by atoms with Gasteiger partial charge in [-0.05, 0) is 48.2 Å². The van der Waals surface area contributed by atoms with Crippen LogP contribution < -0.4 is 14.8 Å². The summed E-state index contributed by atoms with van der Waals surface area (Å²) in [6.45, 7) is 6.67. The second kappa shape index (κ2) is 9.28. The highest BCUT2D eigenvalue weighted by Gasteiger charge is 2.18. The van der Waals surface area contributed by atoms with Crippen LogP contribution in [0, 0.1) is 0 Å². The van der Waals surface area contributed by atoms with Crippen molar-refractivity contribution >= 4 is 23.6 Å². The zero-order valence-electron chi connectivity index (χ0n) is 16.8. The first-order chi connectivity index (χ1) is 13.9. The maximum atomic E-state index is 12.4. The smallest absolute Gasteiger partial charge is 0.331 e. The molecule has 1 heterocycles. The van der Waals surface area contributed by atoms with E-state index in [0.29, 0.717) is 24.7 Å². The Balaban J connectivity index is 1.57. The lowest BCUT2D eigenvalue weighted by Gasteiger charge is -2.18. The van der Waals surface area contributed by atoms with E-state index in [0.717, 1.165) is 16.8 Å². The molecule has 6 nitrogen and oxygen atoms in total. The summed E-state index contributed by atoms with van der Waals surface area (Å²) in [5, 5.41) is 2.83. The quantitative estimate of drug-likeness (QED) is 0.587. The van der Waals surface area contributed by atoms with Crippen LogP contribution >= 0.6 is 0 Å². The Morgan fingerprint density at radius 2 is 1.76 bits per heavy atom. The molecule has 2 aromatic carbocycles. The van der Waals surface area contributed by atoms with E-state index in [9.17, 15) is 9.59 Å². The van der Waals surface area contributed by atoms with Gasteiger partial charge >= 0.3 is 5.97 Å². The number of fused-ring (bicyclic) bond motifs is 1. The van der Waals surface area contributed by atoms with Gasteiger partial charge in [-0.3, -0.25) is 4.79 Å². The molecule has 2 aromatic rings. The zero-order chi connectivity index (χ0) is 20.8. The first-order valence-electron chi connectivity index (χ1n) is 9.62. The third kappa shape index (κ3) is 5.38. The molecule has 0 saturated carbocycles. The first kappa shape index (κ1) is 20.5. The van der Waals surface area contributed by atoms with Gasteiger partial charge in [-0.25, -0.2) is 4.79 Å². The summed E-state index contributed by atoms with van der Waals surface area (Å²) in [5.74, 6) is 0.614. The molecule has 0 bridgehead atoms. The molecule has 0 fully saturated rings. The van der Waals surface area contributed by atoms with Gasteiger partial charge in [-0.15, -0.1) is 0 Å². The molecule has 3 rings (SSSR count). The molecule has 6 heteroatoms. The van der Waals surface area contributed by atoms with Crippen LogP contribution in [-0.4, -0.2) is 31.2 Å². The molecule has 1 atom stereocenters. The predicted octanol–water partition coefficient (Wildman–Crippen LogP) is 4.16. The SMILES string of the molecule is CC(C)c1ccccc1NC(=O)[C@H](C)OC(=O)/C=C/c1ccc2c(c1)OCCO2. The Bertz CT molecular complexity index is 919. The number of rotatable bonds is 6. The summed E-state index contributed by atoms with van der Waals surface area (Å²) in [5.41, 5.74) is 2.52. The standard InChI is InChI=1S/C23H25NO5/c1-15(2)18-6-4-5-7-19(18)24-23(26)16(3)29-22(25)11-9-17-8-10-20-21(14-17)28-13-12-27-20/h4-11,14-16H,12-13H2,1-3H3,(H,24,26)/b11-9+/t16-/m0/s1. The Labute approximate surface area is 170 Å². The third-order valence-corrected chi connectivity index (χ3v) is 4.48. The van der Waals surface area contributed by atoms with E-state index < -0.39 is 12.1 Å². The van der Waals surface area contributed by atoms with Crippen LogP contribution in [0.2, 0.25) is 0 Å². The average molecular weight is 395 g/mol. The molecule has 0 aromatic heterocycles. The molecular formula is C23H25NO5. The average Bonchev–Trinajstić information content (AvgIpc) is 2.72. The van der Waals surface area contributed by atoms with E-state index in [4.69, 9.17) is 14.2 Å². The monoisotopic (exact) mass is 395 g/mol. The fraction of sp³-hybridized carbons (Fsp3) is 0.304. The van der Waals surface area contributed by atoms with Crippen LogP contribution in [-0.2, 0) is 14.3 Å². The highest BCUT2D eigenvalue weighted by Crippen LogP contribution is 2.31. The van der Waals surface area contributed by atoms with Crippen molar-refractivity contribution in [2.75, 3.05) is 18.5 Å². The van der Waals surface area contributed by atoms with Gasteiger partial charge in [0, 0.05) is 11.8 Å². The first-order valence-corrected chi connectivity index (χ1v) is 9.62. The third-order valence-electron chi connectivity index (χ3n) is 4.48. The normalized spacial score (nSPS) is 13.9. The number of para-hydroxylation sites is 1. The largest absolute Gasteiger partial charge is 0.486 e. The van der Waals surface area contributed by atoms with Gasteiger partial charge < -0.3 is 19.5 Å². The fourth-order valence-corrected chi connectivity index (χ4v) is 2.94. The molecule has 0 aliphatic carbocycles. The van der Waals surface area contributed by atoms with E-state index in [1.165, 1.54) is 6.08 Å². The van der Waals surface area contributed by atoms with Gasteiger partial charge in [-0.1, -0.05) is 38.1 Å². The van der Waals surface area contributed by atoms with Crippen LogP contribution in [0.15, 0.2) is 48.5 Å². The molecule has 0 spiro atoms. The Hall–Kier alpha value is -3.28. The number of hydrogen-bond donors (Lipinski definition) is 1. The molecule has 0 saturated heterocycles. The van der Waals surface area contributed by atoms with Gasteiger partial charge in [0.25, 0.3) is 5.91 Å². The van der Waals surface area contributed by atoms with Crippen LogP contribution in [0.25, 0.3) is 6.08 Å². The van der Waals surface area contributed by atoms with Gasteiger partial charge in [-0.2, -0.15) is 0 Å². The van der Waals surface area contributed by atoms with Gasteiger partial charge in [0.15, 0.2) is 17.6 Å². The van der Waals surface area contributed by atoms with E-state index in [1.807, 2.05) is 30.3 Å². The Morgan fingerprint density at radius 1 is 1.03 bits per heavy atom. The van der Waals surface area contributed by atoms with Crippen LogP contribution in [0.3, 0.4) is 0 Å². The fourth-order valence-electron chi connectivity index (χ4n) is 2.94. The van der Waals surface area contributed by atoms with Crippen molar-refractivity contribution in [3.63, 3.8) is 0 Å². The lowest BCUT2D eigenvalue weighted by molar-refractivity contribution is -0.148. The highest BCUT2D eigenvalue weighted by atomic mass is 16.6. The molecule has 152 valence electrons. The van der Waals surface area contributed by atoms with Crippen molar-refractivity contribution in [1.29, 1.82) is 0 Å². The maximum absolute atomic E-state index is 12.4. The lowest BCUT2D eigenvalue weighted by Crippen LogP contribution is -2.29. The van der Waals surface area contributed by atoms with Crippen molar-refractivity contribution < 1.29 is 23.8 Å². The minimum Gasteiger partial charge on any atom is -0.486 e. The summed E-state index contributed by atoms with van der Waals surface area (Å²) in [4.78, 5) is 24.5. The summed E-state index contributed by atoms with van der Waals surface area (Å²) in [6, 6.07) is 13.0. The number of esters is 1. The maximum Gasteiger partial charge on any atom is 0.331 e. The molecule has 1 N–H and O–H groups in total. The van der Waals surface area contributed by atoms with Crippen LogP contribution in [0.5, 0.6) is 11.5 Å². The van der Waals surface area contributed by atoms with E-state index in [1.54, 1.807) is 25.1 Å². The summed E-state index contributed by atoms with van der Waals surface area (Å²) in [7, 11) is 0. The Kier molecular flexibility index (Phi) is 6.54. The minimum absolute atomic E-state index is 0.262. The van der Waals surface area contributed by atoms with Crippen LogP contribution in [0.4, 0.5) is 5.69 Å². The second-order valence-corrected chi connectivity index (χ2v) is 7.05.